The van der Waals surface area contributed by atoms with Crippen molar-refractivity contribution in [3.05, 3.63) is 11.8 Å². The quantitative estimate of drug-likeness (QED) is 0.675. The van der Waals surface area contributed by atoms with Crippen molar-refractivity contribution < 1.29 is 9.53 Å². The highest BCUT2D eigenvalue weighted by atomic mass is 16.5. The zero-order valence-electron chi connectivity index (χ0n) is 8.84. The highest BCUT2D eigenvalue weighted by molar-refractivity contribution is 6.04. The number of ether oxygens (including phenoxy) is 1. The minimum absolute atomic E-state index is 0.188. The minimum Gasteiger partial charge on any atom is -0.497 e. The molecule has 1 fully saturated rings. The monoisotopic (exact) mass is 194 g/mol. The largest absolute Gasteiger partial charge is 0.497 e. The molecule has 1 saturated carbocycles. The average molecular weight is 194 g/mol. The fourth-order valence-corrected chi connectivity index (χ4v) is 2.60. The van der Waals surface area contributed by atoms with Gasteiger partial charge in [0.15, 0.2) is 5.78 Å². The lowest BCUT2D eigenvalue weighted by atomic mass is 9.67. The molecule has 0 N–H and O–H groups in total. The smallest absolute Gasteiger partial charge is 0.172 e. The van der Waals surface area contributed by atoms with Crippen molar-refractivity contribution in [1.82, 2.24) is 0 Å². The van der Waals surface area contributed by atoms with Crippen molar-refractivity contribution in [3.8, 4) is 0 Å². The van der Waals surface area contributed by atoms with E-state index in [1.54, 1.807) is 6.08 Å². The van der Waals surface area contributed by atoms with E-state index in [1.807, 2.05) is 6.92 Å². The molecule has 0 aromatic rings. The van der Waals surface area contributed by atoms with Crippen LogP contribution in [0, 0.1) is 5.41 Å². The van der Waals surface area contributed by atoms with Gasteiger partial charge in [0.25, 0.3) is 0 Å². The third kappa shape index (κ3) is 1.37. The molecule has 0 aromatic heterocycles. The Morgan fingerprint density at radius 1 is 1.29 bits per heavy atom. The molecule has 0 amide bonds. The highest BCUT2D eigenvalue weighted by Gasteiger charge is 2.49. The molecule has 1 spiro atoms. The fourth-order valence-electron chi connectivity index (χ4n) is 2.60. The first-order valence-corrected chi connectivity index (χ1v) is 5.69. The maximum absolute atomic E-state index is 11.7. The van der Waals surface area contributed by atoms with Crippen LogP contribution in [0.15, 0.2) is 11.8 Å². The Morgan fingerprint density at radius 2 is 1.93 bits per heavy atom. The molecule has 0 saturated heterocycles. The number of carbonyl (C=O) groups excluding carboxylic acids is 1. The van der Waals surface area contributed by atoms with E-state index in [9.17, 15) is 4.79 Å². The lowest BCUT2D eigenvalue weighted by Crippen LogP contribution is -2.40. The van der Waals surface area contributed by atoms with Crippen LogP contribution >= 0.6 is 0 Å². The number of hydrogen-bond donors (Lipinski definition) is 0. The van der Waals surface area contributed by atoms with E-state index in [1.165, 1.54) is 25.7 Å². The molecule has 14 heavy (non-hydrogen) atoms. The second-order valence-electron chi connectivity index (χ2n) is 4.30. The first-order valence-electron chi connectivity index (χ1n) is 5.69. The van der Waals surface area contributed by atoms with Crippen LogP contribution in [0.25, 0.3) is 0 Å². The van der Waals surface area contributed by atoms with Gasteiger partial charge in [-0.1, -0.05) is 25.7 Å². The van der Waals surface area contributed by atoms with Gasteiger partial charge in [0, 0.05) is 6.08 Å². The number of ketones is 1. The summed E-state index contributed by atoms with van der Waals surface area (Å²) in [6.45, 7) is 2.66. The zero-order chi connectivity index (χ0) is 10.0. The summed E-state index contributed by atoms with van der Waals surface area (Å²) in [4.78, 5) is 11.7. The molecule has 0 atom stereocenters. The van der Waals surface area contributed by atoms with Crippen LogP contribution in [0.2, 0.25) is 0 Å². The summed E-state index contributed by atoms with van der Waals surface area (Å²) in [5.74, 6) is 1.27. The molecule has 2 aliphatic carbocycles. The SMILES string of the molecule is CCOC1=CC(=O)C12CCCCCC2. The summed E-state index contributed by atoms with van der Waals surface area (Å²) in [6, 6.07) is 0. The second kappa shape index (κ2) is 3.76. The molecule has 78 valence electrons. The van der Waals surface area contributed by atoms with Gasteiger partial charge < -0.3 is 4.74 Å². The predicted octanol–water partition coefficient (Wildman–Crippen LogP) is 2.83. The van der Waals surface area contributed by atoms with Crippen LogP contribution in [0.4, 0.5) is 0 Å². The molecule has 2 nitrogen and oxygen atoms in total. The number of rotatable bonds is 2. The second-order valence-corrected chi connectivity index (χ2v) is 4.30. The normalized spacial score (nSPS) is 25.2. The Labute approximate surface area is 85.3 Å². The summed E-state index contributed by atoms with van der Waals surface area (Å²) in [5, 5.41) is 0. The Balaban J connectivity index is 2.13. The minimum atomic E-state index is -0.188. The molecule has 2 heteroatoms. The first kappa shape index (κ1) is 9.75. The Kier molecular flexibility index (Phi) is 2.62. The number of allylic oxidation sites excluding steroid dienone is 2. The molecule has 2 aliphatic rings. The van der Waals surface area contributed by atoms with E-state index in [0.717, 1.165) is 18.6 Å². The van der Waals surface area contributed by atoms with Gasteiger partial charge in [-0.15, -0.1) is 0 Å². The first-order chi connectivity index (χ1) is 6.79. The number of hydrogen-bond acceptors (Lipinski definition) is 2. The van der Waals surface area contributed by atoms with Gasteiger partial charge in [-0.05, 0) is 19.8 Å². The average Bonchev–Trinajstić information content (AvgIpc) is 2.44. The van der Waals surface area contributed by atoms with Gasteiger partial charge in [0.05, 0.1) is 12.0 Å². The standard InChI is InChI=1S/C12H18O2/c1-2-14-11-9-10(13)12(11)7-5-3-4-6-8-12/h9H,2-8H2,1H3. The van der Waals surface area contributed by atoms with Crippen LogP contribution < -0.4 is 0 Å². The molecule has 0 radical (unpaired) electrons. The van der Waals surface area contributed by atoms with Crippen LogP contribution in [0.5, 0.6) is 0 Å². The van der Waals surface area contributed by atoms with Gasteiger partial charge in [0.2, 0.25) is 0 Å². The van der Waals surface area contributed by atoms with Gasteiger partial charge in [-0.3, -0.25) is 4.79 Å². The third-order valence-corrected chi connectivity index (χ3v) is 3.46. The van der Waals surface area contributed by atoms with Crippen molar-refractivity contribution >= 4 is 5.78 Å². The summed E-state index contributed by atoms with van der Waals surface area (Å²) >= 11 is 0. The molecular weight excluding hydrogens is 176 g/mol. The van der Waals surface area contributed by atoms with Crippen molar-refractivity contribution in [3.63, 3.8) is 0 Å². The van der Waals surface area contributed by atoms with Gasteiger partial charge in [-0.25, -0.2) is 0 Å². The van der Waals surface area contributed by atoms with E-state index in [0.29, 0.717) is 12.4 Å². The zero-order valence-corrected chi connectivity index (χ0v) is 8.84. The Bertz CT molecular complexity index is 257. The maximum atomic E-state index is 11.7. The molecule has 0 unspecified atom stereocenters. The van der Waals surface area contributed by atoms with Crippen molar-refractivity contribution in [2.75, 3.05) is 6.61 Å². The van der Waals surface area contributed by atoms with Crippen LogP contribution in [-0.2, 0) is 9.53 Å². The van der Waals surface area contributed by atoms with E-state index >= 15 is 0 Å². The molecule has 0 aromatic carbocycles. The van der Waals surface area contributed by atoms with Gasteiger partial charge in [0.1, 0.15) is 5.76 Å². The summed E-state index contributed by atoms with van der Waals surface area (Å²) in [5.41, 5.74) is -0.188. The molecule has 0 bridgehead atoms. The number of carbonyl (C=O) groups is 1. The lowest BCUT2D eigenvalue weighted by Gasteiger charge is -2.38. The Hall–Kier alpha value is -0.790. The predicted molar refractivity (Wildman–Crippen MR) is 54.9 cm³/mol. The van der Waals surface area contributed by atoms with Crippen molar-refractivity contribution in [1.29, 1.82) is 0 Å². The van der Waals surface area contributed by atoms with Crippen molar-refractivity contribution in [2.24, 2.45) is 5.41 Å². The summed E-state index contributed by atoms with van der Waals surface area (Å²) < 4.78 is 5.54. The molecule has 0 heterocycles. The maximum Gasteiger partial charge on any atom is 0.172 e. The van der Waals surface area contributed by atoms with Crippen LogP contribution in [-0.4, -0.2) is 12.4 Å². The Morgan fingerprint density at radius 3 is 2.43 bits per heavy atom. The van der Waals surface area contributed by atoms with Crippen molar-refractivity contribution in [2.45, 2.75) is 45.4 Å². The molecular formula is C12H18O2. The van der Waals surface area contributed by atoms with Gasteiger partial charge >= 0.3 is 0 Å². The van der Waals surface area contributed by atoms with E-state index in [4.69, 9.17) is 4.74 Å². The topological polar surface area (TPSA) is 26.3 Å². The fraction of sp³-hybridized carbons (Fsp3) is 0.750. The lowest BCUT2D eigenvalue weighted by molar-refractivity contribution is -0.129. The van der Waals surface area contributed by atoms with Crippen LogP contribution in [0.3, 0.4) is 0 Å². The summed E-state index contributed by atoms with van der Waals surface area (Å²) in [6.07, 6.45) is 8.61. The summed E-state index contributed by atoms with van der Waals surface area (Å²) in [7, 11) is 0. The molecule has 2 rings (SSSR count). The molecule has 0 aliphatic heterocycles. The van der Waals surface area contributed by atoms with E-state index in [-0.39, 0.29) is 5.41 Å². The van der Waals surface area contributed by atoms with Crippen LogP contribution in [0.1, 0.15) is 45.4 Å². The third-order valence-electron chi connectivity index (χ3n) is 3.46. The van der Waals surface area contributed by atoms with E-state index in [2.05, 4.69) is 0 Å². The van der Waals surface area contributed by atoms with E-state index < -0.39 is 0 Å². The van der Waals surface area contributed by atoms with Gasteiger partial charge in [-0.2, -0.15) is 0 Å². The highest BCUT2D eigenvalue weighted by Crippen LogP contribution is 2.48.